The van der Waals surface area contributed by atoms with E-state index in [1.807, 2.05) is 0 Å². The van der Waals surface area contributed by atoms with Crippen LogP contribution in [0.3, 0.4) is 0 Å². The number of aliphatic carboxylic acids is 1. The van der Waals surface area contributed by atoms with Gasteiger partial charge < -0.3 is 10.4 Å². The predicted octanol–water partition coefficient (Wildman–Crippen LogP) is 4.50. The van der Waals surface area contributed by atoms with E-state index >= 15 is 0 Å². The Labute approximate surface area is 145 Å². The number of rotatable bonds is 0. The summed E-state index contributed by atoms with van der Waals surface area (Å²) in [6.45, 7) is 2.29. The Hall–Kier alpha value is -1.56. The Morgan fingerprint density at radius 1 is 1.16 bits per heavy atom. The van der Waals surface area contributed by atoms with Crippen molar-refractivity contribution in [2.24, 2.45) is 0 Å². The summed E-state index contributed by atoms with van der Waals surface area (Å²) in [4.78, 5) is 8.90. The summed E-state index contributed by atoms with van der Waals surface area (Å²) in [5.74, 6) is -1.91. The second kappa shape index (κ2) is 6.98. The zero-order valence-corrected chi connectivity index (χ0v) is 14.2. The Kier molecular flexibility index (Phi) is 5.09. The molecule has 1 unspecified atom stereocenters. The molecule has 2 N–H and O–H groups in total. The molecule has 0 saturated heterocycles. The van der Waals surface area contributed by atoms with E-state index in [9.17, 15) is 13.2 Å². The summed E-state index contributed by atoms with van der Waals surface area (Å²) in [7, 11) is 0. The topological polar surface area (TPSA) is 49.3 Å². The molecule has 1 aromatic rings. The molecule has 25 heavy (non-hydrogen) atoms. The van der Waals surface area contributed by atoms with Crippen molar-refractivity contribution in [3.63, 3.8) is 0 Å². The van der Waals surface area contributed by atoms with Crippen molar-refractivity contribution in [1.29, 1.82) is 0 Å². The van der Waals surface area contributed by atoms with Crippen LogP contribution in [0.4, 0.5) is 13.2 Å². The van der Waals surface area contributed by atoms with Gasteiger partial charge in [0.2, 0.25) is 0 Å². The average molecular weight is 355 g/mol. The fourth-order valence-corrected chi connectivity index (χ4v) is 4.80. The smallest absolute Gasteiger partial charge is 0.475 e. The Balaban J connectivity index is 0.000000225. The highest BCUT2D eigenvalue weighted by atomic mass is 19.4. The van der Waals surface area contributed by atoms with Crippen LogP contribution in [0.1, 0.15) is 67.6 Å². The van der Waals surface area contributed by atoms with E-state index < -0.39 is 12.1 Å². The third-order valence-corrected chi connectivity index (χ3v) is 5.94. The van der Waals surface area contributed by atoms with Crippen LogP contribution < -0.4 is 5.32 Å². The van der Waals surface area contributed by atoms with Gasteiger partial charge in [0.1, 0.15) is 0 Å². The highest BCUT2D eigenvalue weighted by molar-refractivity contribution is 5.73. The SMILES string of the molecule is O=C(O)C(F)(F)F.c1cc2c3c(c1)C1(CCCC1)CCC3CCNC2. The van der Waals surface area contributed by atoms with Crippen LogP contribution >= 0.6 is 0 Å². The van der Waals surface area contributed by atoms with Crippen molar-refractivity contribution in [1.82, 2.24) is 5.32 Å². The molecule has 138 valence electrons. The first-order valence-corrected chi connectivity index (χ1v) is 8.97. The van der Waals surface area contributed by atoms with E-state index in [2.05, 4.69) is 23.5 Å². The lowest BCUT2D eigenvalue weighted by atomic mass is 9.64. The molecule has 1 fully saturated rings. The van der Waals surface area contributed by atoms with Gasteiger partial charge in [0.05, 0.1) is 0 Å². The molecule has 0 amide bonds. The number of halogens is 3. The first-order valence-electron chi connectivity index (χ1n) is 8.97. The van der Waals surface area contributed by atoms with E-state index in [4.69, 9.17) is 9.90 Å². The lowest BCUT2D eigenvalue weighted by Crippen LogP contribution is -2.30. The zero-order valence-electron chi connectivity index (χ0n) is 14.2. The molecule has 0 bridgehead atoms. The summed E-state index contributed by atoms with van der Waals surface area (Å²) >= 11 is 0. The molecule has 1 atom stereocenters. The van der Waals surface area contributed by atoms with Crippen LogP contribution in [0.25, 0.3) is 0 Å². The molecular formula is C19H24F3NO2. The first-order chi connectivity index (χ1) is 11.8. The second-order valence-electron chi connectivity index (χ2n) is 7.37. The minimum absolute atomic E-state index is 0.576. The van der Waals surface area contributed by atoms with Gasteiger partial charge in [-0.2, -0.15) is 13.2 Å². The molecule has 1 saturated carbocycles. The quantitative estimate of drug-likeness (QED) is 0.720. The average Bonchev–Trinajstić information content (AvgIpc) is 2.93. The highest BCUT2D eigenvalue weighted by Crippen LogP contribution is 2.53. The molecule has 1 aliphatic heterocycles. The fraction of sp³-hybridized carbons (Fsp3) is 0.632. The van der Waals surface area contributed by atoms with Gasteiger partial charge in [-0.15, -0.1) is 0 Å². The van der Waals surface area contributed by atoms with Gasteiger partial charge in [-0.25, -0.2) is 4.79 Å². The van der Waals surface area contributed by atoms with E-state index in [1.165, 1.54) is 51.5 Å². The van der Waals surface area contributed by atoms with Gasteiger partial charge >= 0.3 is 12.1 Å². The Morgan fingerprint density at radius 3 is 2.48 bits per heavy atom. The fourth-order valence-electron chi connectivity index (χ4n) is 4.80. The minimum Gasteiger partial charge on any atom is -0.475 e. The maximum atomic E-state index is 10.6. The lowest BCUT2D eigenvalue weighted by molar-refractivity contribution is -0.192. The van der Waals surface area contributed by atoms with Gasteiger partial charge in [0, 0.05) is 6.54 Å². The van der Waals surface area contributed by atoms with Gasteiger partial charge in [0.15, 0.2) is 0 Å². The Morgan fingerprint density at radius 2 is 1.84 bits per heavy atom. The largest absolute Gasteiger partial charge is 0.490 e. The molecule has 3 aliphatic rings. The van der Waals surface area contributed by atoms with Crippen molar-refractivity contribution in [3.8, 4) is 0 Å². The molecule has 6 heteroatoms. The normalized spacial score (nSPS) is 24.0. The number of carboxylic acid groups (broad SMARTS) is 1. The molecule has 0 radical (unpaired) electrons. The van der Waals surface area contributed by atoms with Crippen LogP contribution in [-0.2, 0) is 16.8 Å². The molecule has 1 spiro atoms. The number of hydrogen-bond donors (Lipinski definition) is 2. The standard InChI is InChI=1S/C17H23N.C2HF3O2/c1-2-9-17(8-1)10-6-13-7-11-18-12-14-4-3-5-15(17)16(13)14;3-2(4,5)1(6)7/h3-5,13,18H,1-2,6-12H2;(H,6,7). The summed E-state index contributed by atoms with van der Waals surface area (Å²) in [6.07, 6.45) is 4.95. The van der Waals surface area contributed by atoms with E-state index in [-0.39, 0.29) is 0 Å². The molecular weight excluding hydrogens is 331 g/mol. The minimum atomic E-state index is -5.08. The third-order valence-electron chi connectivity index (χ3n) is 5.94. The second-order valence-corrected chi connectivity index (χ2v) is 7.37. The van der Waals surface area contributed by atoms with Crippen LogP contribution in [-0.4, -0.2) is 23.8 Å². The Bertz CT molecular complexity index is 636. The van der Waals surface area contributed by atoms with Crippen LogP contribution in [0.2, 0.25) is 0 Å². The van der Waals surface area contributed by atoms with Crippen LogP contribution in [0.5, 0.6) is 0 Å². The molecule has 0 aromatic heterocycles. The summed E-state index contributed by atoms with van der Waals surface area (Å²) < 4.78 is 31.7. The first kappa shape index (κ1) is 18.2. The molecule has 2 aliphatic carbocycles. The number of hydrogen-bond acceptors (Lipinski definition) is 2. The van der Waals surface area contributed by atoms with Crippen molar-refractivity contribution < 1.29 is 23.1 Å². The van der Waals surface area contributed by atoms with Gasteiger partial charge in [-0.1, -0.05) is 31.0 Å². The summed E-state index contributed by atoms with van der Waals surface area (Å²) in [5, 5.41) is 10.7. The van der Waals surface area contributed by atoms with Gasteiger partial charge in [-0.05, 0) is 66.7 Å². The maximum Gasteiger partial charge on any atom is 0.490 e. The molecule has 4 rings (SSSR count). The van der Waals surface area contributed by atoms with E-state index in [1.54, 1.807) is 16.7 Å². The lowest BCUT2D eigenvalue weighted by Gasteiger charge is -2.40. The van der Waals surface area contributed by atoms with E-state index in [0.717, 1.165) is 12.5 Å². The third kappa shape index (κ3) is 3.68. The maximum absolute atomic E-state index is 10.6. The molecule has 1 aromatic carbocycles. The van der Waals surface area contributed by atoms with Crippen molar-refractivity contribution in [2.45, 2.75) is 69.0 Å². The number of nitrogens with one attached hydrogen (secondary N) is 1. The number of carboxylic acids is 1. The molecule has 1 heterocycles. The monoisotopic (exact) mass is 355 g/mol. The highest BCUT2D eigenvalue weighted by Gasteiger charge is 2.42. The predicted molar refractivity (Wildman–Crippen MR) is 88.6 cm³/mol. The van der Waals surface area contributed by atoms with Crippen molar-refractivity contribution in [3.05, 3.63) is 34.9 Å². The van der Waals surface area contributed by atoms with Crippen molar-refractivity contribution >= 4 is 5.97 Å². The number of benzene rings is 1. The molecule has 3 nitrogen and oxygen atoms in total. The summed E-state index contributed by atoms with van der Waals surface area (Å²) in [6, 6.07) is 7.13. The number of fused-ring (bicyclic) bond motifs is 1. The van der Waals surface area contributed by atoms with Gasteiger partial charge in [0.25, 0.3) is 0 Å². The number of alkyl halides is 3. The van der Waals surface area contributed by atoms with Crippen LogP contribution in [0, 0.1) is 0 Å². The number of carbonyl (C=O) groups is 1. The van der Waals surface area contributed by atoms with E-state index in [0.29, 0.717) is 5.41 Å². The van der Waals surface area contributed by atoms with Crippen molar-refractivity contribution in [2.75, 3.05) is 6.54 Å². The zero-order chi connectivity index (χ0) is 18.1. The van der Waals surface area contributed by atoms with Gasteiger partial charge in [-0.3, -0.25) is 0 Å². The van der Waals surface area contributed by atoms with Crippen LogP contribution in [0.15, 0.2) is 18.2 Å². The summed E-state index contributed by atoms with van der Waals surface area (Å²) in [5.41, 5.74) is 5.68.